The summed E-state index contributed by atoms with van der Waals surface area (Å²) in [4.78, 5) is 11.9. The molecule has 3 rings (SSSR count). The van der Waals surface area contributed by atoms with Crippen LogP contribution in [0.15, 0.2) is 42.0 Å². The number of carbonyl (C=O) groups is 1. The van der Waals surface area contributed by atoms with Gasteiger partial charge in [-0.3, -0.25) is 0 Å². The van der Waals surface area contributed by atoms with Crippen molar-refractivity contribution >= 4 is 12.0 Å². The SMILES string of the molecule is CCCOC(=O)c1ccc(/C=C(C)/C=C/C23CC2(C)CCCC3(C)C)cc1. The molecule has 2 saturated carbocycles. The van der Waals surface area contributed by atoms with Gasteiger partial charge in [-0.05, 0) is 66.5 Å². The van der Waals surface area contributed by atoms with E-state index in [1.807, 2.05) is 31.2 Å². The van der Waals surface area contributed by atoms with Gasteiger partial charge in [0.2, 0.25) is 0 Å². The van der Waals surface area contributed by atoms with Gasteiger partial charge >= 0.3 is 5.97 Å². The molecule has 1 aromatic rings. The van der Waals surface area contributed by atoms with E-state index in [1.165, 1.54) is 31.3 Å². The summed E-state index contributed by atoms with van der Waals surface area (Å²) < 4.78 is 5.18. The van der Waals surface area contributed by atoms with Crippen molar-refractivity contribution in [1.82, 2.24) is 0 Å². The highest BCUT2D eigenvalue weighted by Gasteiger charge is 2.69. The standard InChI is InChI=1S/C25H34O2/c1-6-16-27-22(26)21-10-8-20(9-11-21)17-19(2)12-15-25-18-24(25,5)14-7-13-23(25,3)4/h8-12,15,17H,6-7,13-14,16,18H2,1-5H3/b15-12+,19-17+. The van der Waals surface area contributed by atoms with Gasteiger partial charge in [0.05, 0.1) is 12.2 Å². The molecule has 0 saturated heterocycles. The normalized spacial score (nSPS) is 29.4. The van der Waals surface area contributed by atoms with E-state index in [4.69, 9.17) is 4.74 Å². The maximum Gasteiger partial charge on any atom is 0.338 e. The zero-order valence-corrected chi connectivity index (χ0v) is 17.6. The Morgan fingerprint density at radius 2 is 1.85 bits per heavy atom. The van der Waals surface area contributed by atoms with E-state index in [-0.39, 0.29) is 5.97 Å². The first-order valence-electron chi connectivity index (χ1n) is 10.4. The van der Waals surface area contributed by atoms with Crippen molar-refractivity contribution < 1.29 is 9.53 Å². The first-order valence-corrected chi connectivity index (χ1v) is 10.4. The van der Waals surface area contributed by atoms with E-state index in [9.17, 15) is 4.79 Å². The van der Waals surface area contributed by atoms with Crippen LogP contribution in [0.5, 0.6) is 0 Å². The average molecular weight is 367 g/mol. The summed E-state index contributed by atoms with van der Waals surface area (Å²) in [5.74, 6) is -0.240. The molecule has 2 atom stereocenters. The molecule has 0 aromatic heterocycles. The van der Waals surface area contributed by atoms with Crippen LogP contribution in [0.25, 0.3) is 6.08 Å². The van der Waals surface area contributed by atoms with Crippen molar-refractivity contribution in [2.75, 3.05) is 6.61 Å². The number of allylic oxidation sites excluding steroid dienone is 3. The van der Waals surface area contributed by atoms with Crippen molar-refractivity contribution in [1.29, 1.82) is 0 Å². The Kier molecular flexibility index (Phi) is 5.38. The minimum atomic E-state index is -0.240. The van der Waals surface area contributed by atoms with Crippen LogP contribution in [0.4, 0.5) is 0 Å². The van der Waals surface area contributed by atoms with Crippen molar-refractivity contribution in [2.24, 2.45) is 16.2 Å². The van der Waals surface area contributed by atoms with Gasteiger partial charge in [-0.25, -0.2) is 4.79 Å². The molecular formula is C25H34O2. The number of hydrogen-bond donors (Lipinski definition) is 0. The predicted molar refractivity (Wildman–Crippen MR) is 113 cm³/mol. The fraction of sp³-hybridized carbons (Fsp3) is 0.560. The van der Waals surface area contributed by atoms with Crippen molar-refractivity contribution in [3.8, 4) is 0 Å². The Bertz CT molecular complexity index is 753. The van der Waals surface area contributed by atoms with Crippen LogP contribution in [0, 0.1) is 16.2 Å². The highest BCUT2D eigenvalue weighted by Crippen LogP contribution is 2.78. The van der Waals surface area contributed by atoms with E-state index >= 15 is 0 Å². The summed E-state index contributed by atoms with van der Waals surface area (Å²) in [6.07, 6.45) is 13.2. The third kappa shape index (κ3) is 3.77. The number of hydrogen-bond acceptors (Lipinski definition) is 2. The fourth-order valence-corrected chi connectivity index (χ4v) is 5.15. The van der Waals surface area contributed by atoms with Gasteiger partial charge in [0, 0.05) is 0 Å². The van der Waals surface area contributed by atoms with Crippen LogP contribution in [0.3, 0.4) is 0 Å². The number of rotatable bonds is 6. The van der Waals surface area contributed by atoms with Gasteiger partial charge in [-0.15, -0.1) is 0 Å². The van der Waals surface area contributed by atoms with E-state index < -0.39 is 0 Å². The van der Waals surface area contributed by atoms with Crippen LogP contribution in [0.2, 0.25) is 0 Å². The Hall–Kier alpha value is -1.83. The van der Waals surface area contributed by atoms with Crippen LogP contribution in [0.1, 0.15) is 82.6 Å². The second-order valence-corrected chi connectivity index (χ2v) is 9.43. The first-order chi connectivity index (χ1) is 12.7. The Morgan fingerprint density at radius 1 is 1.15 bits per heavy atom. The molecular weight excluding hydrogens is 332 g/mol. The van der Waals surface area contributed by atoms with Crippen LogP contribution in [-0.2, 0) is 4.74 Å². The molecule has 2 heteroatoms. The molecule has 0 N–H and O–H groups in total. The summed E-state index contributed by atoms with van der Waals surface area (Å²) in [6, 6.07) is 7.68. The lowest BCUT2D eigenvalue weighted by Crippen LogP contribution is -2.32. The van der Waals surface area contributed by atoms with Gasteiger partial charge < -0.3 is 4.74 Å². The molecule has 2 unspecified atom stereocenters. The molecule has 0 amide bonds. The van der Waals surface area contributed by atoms with Crippen molar-refractivity contribution in [3.63, 3.8) is 0 Å². The minimum absolute atomic E-state index is 0.240. The predicted octanol–water partition coefficient (Wildman–Crippen LogP) is 6.82. The first kappa shape index (κ1) is 19.9. The summed E-state index contributed by atoms with van der Waals surface area (Å²) in [6.45, 7) is 12.0. The van der Waals surface area contributed by atoms with Gasteiger partial charge in [0.15, 0.2) is 0 Å². The average Bonchev–Trinajstić information content (AvgIpc) is 3.26. The second-order valence-electron chi connectivity index (χ2n) is 9.43. The lowest BCUT2D eigenvalue weighted by molar-refractivity contribution is 0.0505. The largest absolute Gasteiger partial charge is 0.462 e. The molecule has 2 fully saturated rings. The fourth-order valence-electron chi connectivity index (χ4n) is 5.15. The molecule has 0 radical (unpaired) electrons. The monoisotopic (exact) mass is 366 g/mol. The van der Waals surface area contributed by atoms with E-state index in [1.54, 1.807) is 0 Å². The molecule has 0 aliphatic heterocycles. The molecule has 1 aromatic carbocycles. The van der Waals surface area contributed by atoms with E-state index in [0.717, 1.165) is 12.0 Å². The van der Waals surface area contributed by atoms with Crippen LogP contribution in [-0.4, -0.2) is 12.6 Å². The molecule has 2 aliphatic rings. The Labute approximate surface area is 164 Å². The third-order valence-electron chi connectivity index (χ3n) is 6.97. The second kappa shape index (κ2) is 7.30. The molecule has 0 heterocycles. The van der Waals surface area contributed by atoms with Gasteiger partial charge in [0.25, 0.3) is 0 Å². The molecule has 27 heavy (non-hydrogen) atoms. The number of fused-ring (bicyclic) bond motifs is 1. The van der Waals surface area contributed by atoms with Gasteiger partial charge in [-0.2, -0.15) is 0 Å². The molecule has 0 bridgehead atoms. The summed E-state index contributed by atoms with van der Waals surface area (Å²) in [7, 11) is 0. The maximum atomic E-state index is 11.9. The zero-order chi connectivity index (χ0) is 19.7. The van der Waals surface area contributed by atoms with Crippen molar-refractivity contribution in [3.05, 3.63) is 53.1 Å². The van der Waals surface area contributed by atoms with E-state index in [2.05, 4.69) is 45.9 Å². The number of ether oxygens (including phenoxy) is 1. The quantitative estimate of drug-likeness (QED) is 0.408. The van der Waals surface area contributed by atoms with Crippen LogP contribution >= 0.6 is 0 Å². The van der Waals surface area contributed by atoms with Crippen molar-refractivity contribution in [2.45, 2.75) is 66.7 Å². The summed E-state index contributed by atoms with van der Waals surface area (Å²) >= 11 is 0. The lowest BCUT2D eigenvalue weighted by atomic mass is 9.63. The van der Waals surface area contributed by atoms with E-state index in [0.29, 0.717) is 28.4 Å². The maximum absolute atomic E-state index is 11.9. The third-order valence-corrected chi connectivity index (χ3v) is 6.97. The Morgan fingerprint density at radius 3 is 2.48 bits per heavy atom. The summed E-state index contributed by atoms with van der Waals surface area (Å²) in [5.41, 5.74) is 4.22. The molecule has 2 nitrogen and oxygen atoms in total. The molecule has 0 spiro atoms. The molecule has 146 valence electrons. The number of benzene rings is 1. The smallest absolute Gasteiger partial charge is 0.338 e. The number of esters is 1. The highest BCUT2D eigenvalue weighted by atomic mass is 16.5. The topological polar surface area (TPSA) is 26.3 Å². The zero-order valence-electron chi connectivity index (χ0n) is 17.6. The number of carbonyl (C=O) groups excluding carboxylic acids is 1. The summed E-state index contributed by atoms with van der Waals surface area (Å²) in [5, 5.41) is 0. The molecule has 2 aliphatic carbocycles. The van der Waals surface area contributed by atoms with Crippen LogP contribution < -0.4 is 0 Å². The highest BCUT2D eigenvalue weighted by molar-refractivity contribution is 5.89. The van der Waals surface area contributed by atoms with Gasteiger partial charge in [-0.1, -0.05) is 70.0 Å². The Balaban J connectivity index is 1.69. The van der Waals surface area contributed by atoms with Gasteiger partial charge in [0.1, 0.15) is 0 Å². The lowest BCUT2D eigenvalue weighted by Gasteiger charge is -2.41. The minimum Gasteiger partial charge on any atom is -0.462 e.